The van der Waals surface area contributed by atoms with Gasteiger partial charge in [0.1, 0.15) is 5.69 Å². The highest BCUT2D eigenvalue weighted by molar-refractivity contribution is 5.54. The van der Waals surface area contributed by atoms with E-state index in [4.69, 9.17) is 5.26 Å². The normalized spacial score (nSPS) is 20.6. The number of anilines is 1. The molecule has 0 radical (unpaired) electrons. The SMILES string of the molecule is N#Cc1cc(F)c(N2CC(N3CCNCC3)C2)c(F)c1. The zero-order valence-electron chi connectivity index (χ0n) is 11.1. The molecule has 0 spiro atoms. The van der Waals surface area contributed by atoms with Crippen LogP contribution in [-0.4, -0.2) is 50.2 Å². The van der Waals surface area contributed by atoms with Crippen LogP contribution in [0.2, 0.25) is 0 Å². The highest BCUT2D eigenvalue weighted by Gasteiger charge is 2.35. The fourth-order valence-electron chi connectivity index (χ4n) is 2.85. The third-order valence-corrected chi connectivity index (χ3v) is 3.99. The van der Waals surface area contributed by atoms with Crippen molar-refractivity contribution in [2.45, 2.75) is 6.04 Å². The minimum absolute atomic E-state index is 0.00427. The summed E-state index contributed by atoms with van der Waals surface area (Å²) in [6.45, 7) is 5.18. The zero-order chi connectivity index (χ0) is 14.1. The van der Waals surface area contributed by atoms with E-state index in [1.165, 1.54) is 0 Å². The molecule has 0 aromatic heterocycles. The first-order chi connectivity index (χ1) is 9.69. The average Bonchev–Trinajstić information content (AvgIpc) is 2.41. The number of hydrogen-bond acceptors (Lipinski definition) is 4. The van der Waals surface area contributed by atoms with Crippen molar-refractivity contribution in [3.63, 3.8) is 0 Å². The first kappa shape index (κ1) is 13.3. The molecule has 0 unspecified atom stereocenters. The van der Waals surface area contributed by atoms with Crippen LogP contribution in [0, 0.1) is 23.0 Å². The maximum atomic E-state index is 13.9. The molecule has 2 aliphatic heterocycles. The van der Waals surface area contributed by atoms with Gasteiger partial charge in [-0.05, 0) is 12.1 Å². The lowest BCUT2D eigenvalue weighted by Gasteiger charge is -2.48. The highest BCUT2D eigenvalue weighted by Crippen LogP contribution is 2.30. The monoisotopic (exact) mass is 278 g/mol. The molecule has 2 saturated heterocycles. The second-order valence-electron chi connectivity index (χ2n) is 5.25. The molecule has 0 atom stereocenters. The molecule has 20 heavy (non-hydrogen) atoms. The largest absolute Gasteiger partial charge is 0.364 e. The van der Waals surface area contributed by atoms with Crippen LogP contribution >= 0.6 is 0 Å². The van der Waals surface area contributed by atoms with Crippen molar-refractivity contribution >= 4 is 5.69 Å². The third-order valence-electron chi connectivity index (χ3n) is 3.99. The van der Waals surface area contributed by atoms with Gasteiger partial charge < -0.3 is 10.2 Å². The second-order valence-corrected chi connectivity index (χ2v) is 5.25. The van der Waals surface area contributed by atoms with Crippen LogP contribution in [0.3, 0.4) is 0 Å². The van der Waals surface area contributed by atoms with Crippen molar-refractivity contribution in [3.8, 4) is 6.07 Å². The molecule has 0 bridgehead atoms. The van der Waals surface area contributed by atoms with Crippen molar-refractivity contribution in [2.24, 2.45) is 0 Å². The van der Waals surface area contributed by atoms with Crippen molar-refractivity contribution in [2.75, 3.05) is 44.2 Å². The Morgan fingerprint density at radius 1 is 1.15 bits per heavy atom. The number of halogens is 2. The summed E-state index contributed by atoms with van der Waals surface area (Å²) in [5.41, 5.74) is 0.0123. The lowest BCUT2D eigenvalue weighted by molar-refractivity contribution is 0.146. The Morgan fingerprint density at radius 3 is 2.30 bits per heavy atom. The molecular formula is C14H16F2N4. The molecule has 1 aromatic carbocycles. The Balaban J connectivity index is 1.69. The maximum absolute atomic E-state index is 13.9. The summed E-state index contributed by atoms with van der Waals surface area (Å²) in [7, 11) is 0. The van der Waals surface area contributed by atoms with Crippen molar-refractivity contribution in [3.05, 3.63) is 29.3 Å². The van der Waals surface area contributed by atoms with Gasteiger partial charge in [-0.2, -0.15) is 5.26 Å². The van der Waals surface area contributed by atoms with Crippen LogP contribution in [0.5, 0.6) is 0 Å². The molecule has 1 N–H and O–H groups in total. The standard InChI is InChI=1S/C14H16F2N4/c15-12-5-10(7-17)6-13(16)14(12)20-8-11(9-20)19-3-1-18-2-4-19/h5-6,11,18H,1-4,8-9H2. The molecule has 0 saturated carbocycles. The quantitative estimate of drug-likeness (QED) is 0.874. The minimum Gasteiger partial charge on any atom is -0.364 e. The van der Waals surface area contributed by atoms with Gasteiger partial charge in [0.2, 0.25) is 0 Å². The van der Waals surface area contributed by atoms with E-state index < -0.39 is 11.6 Å². The average molecular weight is 278 g/mol. The van der Waals surface area contributed by atoms with Crippen molar-refractivity contribution in [1.82, 2.24) is 10.2 Å². The van der Waals surface area contributed by atoms with Crippen LogP contribution < -0.4 is 10.2 Å². The van der Waals surface area contributed by atoms with Crippen LogP contribution in [-0.2, 0) is 0 Å². The number of piperazine rings is 1. The van der Waals surface area contributed by atoms with Crippen LogP contribution in [0.1, 0.15) is 5.56 Å². The molecule has 0 amide bonds. The van der Waals surface area contributed by atoms with E-state index in [9.17, 15) is 8.78 Å². The maximum Gasteiger partial charge on any atom is 0.150 e. The van der Waals surface area contributed by atoms with Crippen LogP contribution in [0.15, 0.2) is 12.1 Å². The van der Waals surface area contributed by atoms with E-state index in [-0.39, 0.29) is 11.3 Å². The van der Waals surface area contributed by atoms with Gasteiger partial charge in [-0.25, -0.2) is 8.78 Å². The first-order valence-corrected chi connectivity index (χ1v) is 6.78. The van der Waals surface area contributed by atoms with E-state index in [1.54, 1.807) is 11.0 Å². The number of hydrogen-bond donors (Lipinski definition) is 1. The molecule has 2 fully saturated rings. The van der Waals surface area contributed by atoms with Gasteiger partial charge >= 0.3 is 0 Å². The van der Waals surface area contributed by atoms with Crippen molar-refractivity contribution < 1.29 is 8.78 Å². The van der Waals surface area contributed by atoms with Gasteiger partial charge in [0.15, 0.2) is 11.6 Å². The smallest absolute Gasteiger partial charge is 0.150 e. The van der Waals surface area contributed by atoms with Gasteiger partial charge in [0, 0.05) is 45.3 Å². The summed E-state index contributed by atoms with van der Waals surface area (Å²) in [4.78, 5) is 4.06. The summed E-state index contributed by atoms with van der Waals surface area (Å²) in [6.07, 6.45) is 0. The van der Waals surface area contributed by atoms with E-state index in [0.29, 0.717) is 19.1 Å². The van der Waals surface area contributed by atoms with E-state index in [2.05, 4.69) is 10.2 Å². The summed E-state index contributed by atoms with van der Waals surface area (Å²) in [5.74, 6) is -1.30. The van der Waals surface area contributed by atoms with Gasteiger partial charge in [-0.3, -0.25) is 4.90 Å². The molecule has 0 aliphatic carbocycles. The Labute approximate surface area is 116 Å². The van der Waals surface area contributed by atoms with Gasteiger partial charge in [0.25, 0.3) is 0 Å². The molecule has 3 rings (SSSR count). The van der Waals surface area contributed by atoms with Gasteiger partial charge in [-0.15, -0.1) is 0 Å². The lowest BCUT2D eigenvalue weighted by Crippen LogP contribution is -2.63. The second kappa shape index (κ2) is 5.35. The predicted octanol–water partition coefficient (Wildman–Crippen LogP) is 0.930. The van der Waals surface area contributed by atoms with E-state index in [1.807, 2.05) is 0 Å². The molecule has 106 valence electrons. The summed E-state index contributed by atoms with van der Waals surface area (Å²) in [6, 6.07) is 4.31. The van der Waals surface area contributed by atoms with Crippen molar-refractivity contribution in [1.29, 1.82) is 5.26 Å². The summed E-state index contributed by atoms with van der Waals surface area (Å²) < 4.78 is 27.8. The molecule has 6 heteroatoms. The molecule has 4 nitrogen and oxygen atoms in total. The van der Waals surface area contributed by atoms with E-state index >= 15 is 0 Å². The first-order valence-electron chi connectivity index (χ1n) is 6.78. The van der Waals surface area contributed by atoms with Crippen LogP contribution in [0.25, 0.3) is 0 Å². The fraction of sp³-hybridized carbons (Fsp3) is 0.500. The molecular weight excluding hydrogens is 262 g/mol. The predicted molar refractivity (Wildman–Crippen MR) is 71.5 cm³/mol. The molecule has 2 heterocycles. The minimum atomic E-state index is -0.652. The number of nitrogens with one attached hydrogen (secondary N) is 1. The Bertz CT molecular complexity index is 520. The van der Waals surface area contributed by atoms with Gasteiger partial charge in [0.05, 0.1) is 11.6 Å². The summed E-state index contributed by atoms with van der Waals surface area (Å²) in [5, 5.41) is 12.0. The van der Waals surface area contributed by atoms with Crippen LogP contribution in [0.4, 0.5) is 14.5 Å². The number of nitrogens with zero attached hydrogens (tertiary/aromatic N) is 3. The lowest BCUT2D eigenvalue weighted by atomic mass is 10.0. The summed E-state index contributed by atoms with van der Waals surface area (Å²) >= 11 is 0. The van der Waals surface area contributed by atoms with E-state index in [0.717, 1.165) is 38.3 Å². The van der Waals surface area contributed by atoms with Gasteiger partial charge in [-0.1, -0.05) is 0 Å². The number of nitriles is 1. The third kappa shape index (κ3) is 2.35. The molecule has 1 aromatic rings. The zero-order valence-corrected chi connectivity index (χ0v) is 11.1. The molecule has 2 aliphatic rings. The fourth-order valence-corrected chi connectivity index (χ4v) is 2.85. The Morgan fingerprint density at radius 2 is 1.75 bits per heavy atom. The topological polar surface area (TPSA) is 42.3 Å². The Kier molecular flexibility index (Phi) is 3.55. The number of rotatable bonds is 2. The Hall–Kier alpha value is -1.71. The highest BCUT2D eigenvalue weighted by atomic mass is 19.1. The number of benzene rings is 1.